The molecule has 9 heterocycles. The minimum atomic E-state index is -0.791. The van der Waals surface area contributed by atoms with E-state index in [0.29, 0.717) is 41.2 Å². The van der Waals surface area contributed by atoms with Crippen LogP contribution >= 0.6 is 11.3 Å². The van der Waals surface area contributed by atoms with Crippen LogP contribution in [0, 0.1) is 18.8 Å². The van der Waals surface area contributed by atoms with Gasteiger partial charge in [0.2, 0.25) is 17.8 Å². The third-order valence-corrected chi connectivity index (χ3v) is 17.6. The third kappa shape index (κ3) is 10.8. The lowest BCUT2D eigenvalue weighted by Gasteiger charge is -2.42. The first kappa shape index (κ1) is 50.5. The number of hydrogen-bond acceptors (Lipinski definition) is 17. The molecule has 2 bridgehead atoms. The number of likely N-dealkylation sites (tertiary alicyclic amines) is 2. The van der Waals surface area contributed by atoms with Gasteiger partial charge in [-0.1, -0.05) is 55.4 Å². The van der Waals surface area contributed by atoms with Crippen molar-refractivity contribution >= 4 is 46.4 Å². The number of rotatable bonds is 15. The number of piperidine rings is 2. The molecule has 4 aromatic heterocycles. The molecule has 3 unspecified atom stereocenters. The molecule has 0 aliphatic carbocycles. The van der Waals surface area contributed by atoms with Gasteiger partial charge >= 0.3 is 0 Å². The number of carbonyl (C=O) groups is 2. The fourth-order valence-electron chi connectivity index (χ4n) is 12.3. The van der Waals surface area contributed by atoms with Gasteiger partial charge in [-0.15, -0.1) is 21.5 Å². The molecule has 5 saturated heterocycles. The predicted molar refractivity (Wildman–Crippen MR) is 289 cm³/mol. The van der Waals surface area contributed by atoms with Gasteiger partial charge in [0.05, 0.1) is 33.6 Å². The maximum Gasteiger partial charge on any atom is 0.243 e. The smallest absolute Gasteiger partial charge is 0.243 e. The number of hydrogen-bond donors (Lipinski definition) is 4. The zero-order chi connectivity index (χ0) is 51.7. The van der Waals surface area contributed by atoms with Gasteiger partial charge in [-0.05, 0) is 124 Å². The van der Waals surface area contributed by atoms with Crippen LogP contribution in [0.2, 0.25) is 0 Å². The molecule has 5 atom stereocenters. The Morgan fingerprint density at radius 1 is 0.880 bits per heavy atom. The maximum absolute atomic E-state index is 14.3. The first-order valence-corrected chi connectivity index (χ1v) is 27.8. The Bertz CT molecular complexity index is 2920. The standard InChI is InChI=1S/C56H69N13O5S/c1-34(2)51(55(73)68-32-43(70)24-47(68)54(72)58-27-37-8-10-39(11-9-37)52-35(3)61-33-75-52)49-26-50(64-74-49)66-22-15-36(16-23-66)14-19-65-20-17-38(18-21-65)40-28-59-56(60-29-40)69-41-12-13-42(69)31-67(30-41)46-25-45(62-63-53(46)57)44-6-4-5-7-48(44)71/h4-11,25-26,28-29,33-34,36,38,41-43,47,51,70-71H,12-24,27,30-32H2,1-3H3,(H2,57,63)(H,58,72)/t41?,42?,43-,47+,51?/m1/s1. The lowest BCUT2D eigenvalue weighted by molar-refractivity contribution is -0.141. The molecule has 18 nitrogen and oxygen atoms in total. The monoisotopic (exact) mass is 1040 g/mol. The summed E-state index contributed by atoms with van der Waals surface area (Å²) < 4.78 is 5.93. The Labute approximate surface area is 442 Å². The third-order valence-electron chi connectivity index (χ3n) is 16.6. The number of nitrogen functional groups attached to an aromatic ring is 1. The van der Waals surface area contributed by atoms with Crippen molar-refractivity contribution in [2.75, 3.05) is 72.8 Å². The summed E-state index contributed by atoms with van der Waals surface area (Å²) in [5.41, 5.74) is 14.5. The summed E-state index contributed by atoms with van der Waals surface area (Å²) in [6.45, 7) is 12.9. The number of amides is 2. The van der Waals surface area contributed by atoms with Crippen LogP contribution in [-0.4, -0.2) is 139 Å². The van der Waals surface area contributed by atoms with Gasteiger partial charge in [-0.3, -0.25) is 9.59 Å². The molecule has 5 aliphatic heterocycles. The van der Waals surface area contributed by atoms with E-state index in [4.69, 9.17) is 20.2 Å². The zero-order valence-electron chi connectivity index (χ0n) is 43.2. The van der Waals surface area contributed by atoms with Gasteiger partial charge in [-0.2, -0.15) is 0 Å². The number of piperazine rings is 1. The molecule has 2 amide bonds. The largest absolute Gasteiger partial charge is 0.507 e. The van der Waals surface area contributed by atoms with Gasteiger partial charge in [0.1, 0.15) is 17.7 Å². The summed E-state index contributed by atoms with van der Waals surface area (Å²) >= 11 is 1.60. The van der Waals surface area contributed by atoms with Crippen molar-refractivity contribution in [2.45, 2.75) is 115 Å². The summed E-state index contributed by atoms with van der Waals surface area (Å²) in [4.78, 5) is 54.5. The molecule has 394 valence electrons. The van der Waals surface area contributed by atoms with Crippen LogP contribution in [0.4, 0.5) is 23.3 Å². The minimum Gasteiger partial charge on any atom is -0.507 e. The van der Waals surface area contributed by atoms with Crippen LogP contribution < -0.4 is 25.8 Å². The fourth-order valence-corrected chi connectivity index (χ4v) is 13.1. The normalized spacial score (nSPS) is 22.1. The molecule has 19 heteroatoms. The van der Waals surface area contributed by atoms with Crippen molar-refractivity contribution in [1.82, 2.24) is 45.4 Å². The second-order valence-electron chi connectivity index (χ2n) is 21.8. The zero-order valence-corrected chi connectivity index (χ0v) is 44.0. The number of β-amino-alcohol motifs (C(OH)–C–C–N with tert-alkyl or cyclic N) is 1. The van der Waals surface area contributed by atoms with E-state index in [2.05, 4.69) is 57.6 Å². The number of aliphatic hydroxyl groups is 1. The molecular formula is C56H69N13O5S. The highest BCUT2D eigenvalue weighted by atomic mass is 32.1. The lowest BCUT2D eigenvalue weighted by Crippen LogP contribution is -2.54. The number of anilines is 4. The molecule has 0 saturated carbocycles. The van der Waals surface area contributed by atoms with E-state index in [-0.39, 0.29) is 48.5 Å². The Balaban J connectivity index is 0.621. The van der Waals surface area contributed by atoms with Crippen LogP contribution in [0.3, 0.4) is 0 Å². The Kier molecular flexibility index (Phi) is 14.7. The van der Waals surface area contributed by atoms with Crippen LogP contribution in [0.15, 0.2) is 83.1 Å². The summed E-state index contributed by atoms with van der Waals surface area (Å²) in [6.07, 6.45) is 11.1. The highest BCUT2D eigenvalue weighted by Crippen LogP contribution is 2.40. The number of phenolic OH excluding ortho intramolecular Hbond substituents is 1. The molecule has 5 N–H and O–H groups in total. The van der Waals surface area contributed by atoms with Gasteiger partial charge < -0.3 is 50.3 Å². The van der Waals surface area contributed by atoms with Crippen LogP contribution in [0.1, 0.15) is 99.6 Å². The number of nitrogens with zero attached hydrogens (tertiary/aromatic N) is 11. The Morgan fingerprint density at radius 2 is 1.61 bits per heavy atom. The van der Waals surface area contributed by atoms with Crippen LogP contribution in [-0.2, 0) is 16.1 Å². The first-order valence-electron chi connectivity index (χ1n) is 26.9. The molecule has 5 aliphatic rings. The average Bonchev–Trinajstić information content (AvgIpc) is 4.24. The van der Waals surface area contributed by atoms with Gasteiger partial charge in [0.15, 0.2) is 17.4 Å². The Hall–Kier alpha value is -6.70. The molecule has 0 spiro atoms. The highest BCUT2D eigenvalue weighted by molar-refractivity contribution is 7.13. The molecule has 6 aromatic rings. The number of nitrogens with one attached hydrogen (secondary N) is 1. The van der Waals surface area contributed by atoms with E-state index in [9.17, 15) is 19.8 Å². The number of aromatic hydroxyl groups is 1. The highest BCUT2D eigenvalue weighted by Gasteiger charge is 2.44. The van der Waals surface area contributed by atoms with Crippen molar-refractivity contribution in [3.05, 3.63) is 101 Å². The lowest BCUT2D eigenvalue weighted by atomic mass is 9.89. The Morgan fingerprint density at radius 3 is 2.31 bits per heavy atom. The van der Waals surface area contributed by atoms with Gasteiger partial charge in [0.25, 0.3) is 0 Å². The van der Waals surface area contributed by atoms with Gasteiger partial charge in [0, 0.05) is 81.8 Å². The summed E-state index contributed by atoms with van der Waals surface area (Å²) in [7, 11) is 0. The van der Waals surface area contributed by atoms with E-state index in [0.717, 1.165) is 130 Å². The van der Waals surface area contributed by atoms with Crippen molar-refractivity contribution < 1.29 is 24.3 Å². The van der Waals surface area contributed by atoms with E-state index in [1.807, 2.05) is 74.8 Å². The second-order valence-corrected chi connectivity index (χ2v) is 22.6. The van der Waals surface area contributed by atoms with Crippen molar-refractivity contribution in [1.29, 1.82) is 0 Å². The summed E-state index contributed by atoms with van der Waals surface area (Å²) in [5.74, 6) is 2.40. The number of carbonyl (C=O) groups excluding carboxylic acids is 2. The van der Waals surface area contributed by atoms with E-state index in [1.165, 1.54) is 10.5 Å². The fraction of sp³-hybridized carbons (Fsp3) is 0.500. The van der Waals surface area contributed by atoms with E-state index in [1.54, 1.807) is 23.5 Å². The number of aliphatic hydroxyl groups excluding tert-OH is 1. The summed E-state index contributed by atoms with van der Waals surface area (Å²) in [6, 6.07) is 18.8. The number of phenols is 1. The quantitative estimate of drug-likeness (QED) is 0.0814. The number of aromatic nitrogens is 6. The van der Waals surface area contributed by atoms with Crippen LogP contribution in [0.5, 0.6) is 5.75 Å². The molecule has 11 rings (SSSR count). The van der Waals surface area contributed by atoms with Gasteiger partial charge in [-0.25, -0.2) is 15.0 Å². The molecule has 2 aromatic carbocycles. The summed E-state index contributed by atoms with van der Waals surface area (Å²) in [5, 5.41) is 37.2. The van der Waals surface area contributed by atoms with Crippen molar-refractivity contribution in [3.63, 3.8) is 0 Å². The van der Waals surface area contributed by atoms with E-state index < -0.39 is 18.1 Å². The van der Waals surface area contributed by atoms with Crippen LogP contribution in [0.25, 0.3) is 21.7 Å². The first-order chi connectivity index (χ1) is 36.4. The topological polar surface area (TPSA) is 219 Å². The average molecular weight is 1040 g/mol. The van der Waals surface area contributed by atoms with Crippen molar-refractivity contribution in [2.24, 2.45) is 11.8 Å². The number of para-hydroxylation sites is 1. The molecule has 5 fully saturated rings. The number of fused-ring (bicyclic) bond motifs is 2. The minimum absolute atomic E-state index is 0.0928. The SMILES string of the molecule is Cc1ncsc1-c1ccc(CNC(=O)[C@@H]2C[C@@H](O)CN2C(=O)C(c2cc(N3CCC(CCN4CCC(c5cnc(N6C7CCC6CN(c6cc(-c8ccccc8O)nnc6N)C7)nc5)CC4)CC3)no2)C(C)C)cc1. The predicted octanol–water partition coefficient (Wildman–Crippen LogP) is 7.00. The maximum atomic E-state index is 14.3. The molecule has 0 radical (unpaired) electrons. The van der Waals surface area contributed by atoms with E-state index >= 15 is 0 Å². The second kappa shape index (κ2) is 21.9. The molecular weight excluding hydrogens is 967 g/mol. The molecule has 75 heavy (non-hydrogen) atoms. The number of nitrogens with two attached hydrogens (primary N) is 1. The number of aryl methyl sites for hydroxylation is 1. The van der Waals surface area contributed by atoms with Crippen molar-refractivity contribution in [3.8, 4) is 27.4 Å². The number of benzene rings is 2. The number of thiazole rings is 1.